The Balaban J connectivity index is 2.23. The minimum absolute atomic E-state index is 0.0589. The Morgan fingerprint density at radius 2 is 1.81 bits per heavy atom. The lowest BCUT2D eigenvalue weighted by Gasteiger charge is -2.12. The summed E-state index contributed by atoms with van der Waals surface area (Å²) in [6, 6.07) is 12.9. The Labute approximate surface area is 174 Å². The molecule has 0 heterocycles. The van der Waals surface area contributed by atoms with Crippen LogP contribution in [-0.4, -0.2) is 24.9 Å². The zero-order chi connectivity index (χ0) is 19.3. The molecule has 1 amide bonds. The summed E-state index contributed by atoms with van der Waals surface area (Å²) in [6.07, 6.45) is 1.54. The molecule has 0 aliphatic heterocycles. The van der Waals surface area contributed by atoms with Crippen LogP contribution in [0.15, 0.2) is 50.9 Å². The highest BCUT2D eigenvalue weighted by Crippen LogP contribution is 2.36. The summed E-state index contributed by atoms with van der Waals surface area (Å²) in [5, 5.41) is 9.88. The molecule has 2 aromatic carbocycles. The highest BCUT2D eigenvalue weighted by molar-refractivity contribution is 9.11. The summed E-state index contributed by atoms with van der Waals surface area (Å²) in [5.41, 5.74) is 1.75. The van der Waals surface area contributed by atoms with Gasteiger partial charge in [-0.15, -0.1) is 0 Å². The smallest absolute Gasteiger partial charge is 0.264 e. The topological polar surface area (TPSA) is 53.3 Å². The van der Waals surface area contributed by atoms with Crippen molar-refractivity contribution in [2.45, 2.75) is 6.61 Å². The van der Waals surface area contributed by atoms with Crippen molar-refractivity contribution in [2.24, 2.45) is 0 Å². The molecule has 26 heavy (non-hydrogen) atoms. The normalized spacial score (nSPS) is 11.0. The molecule has 0 saturated carbocycles. The van der Waals surface area contributed by atoms with E-state index in [-0.39, 0.29) is 11.5 Å². The van der Waals surface area contributed by atoms with Crippen molar-refractivity contribution in [1.29, 1.82) is 5.26 Å². The minimum atomic E-state index is -0.345. The molecule has 0 saturated heterocycles. The van der Waals surface area contributed by atoms with Crippen molar-refractivity contribution in [3.05, 3.63) is 67.1 Å². The van der Waals surface area contributed by atoms with Crippen LogP contribution in [0.4, 0.5) is 0 Å². The number of amides is 1. The Morgan fingerprint density at radius 3 is 2.31 bits per heavy atom. The molecule has 4 nitrogen and oxygen atoms in total. The fourth-order valence-electron chi connectivity index (χ4n) is 2.09. The SMILES string of the molecule is CN(C)C(=O)/C(C#N)=C\c1cc(Br)c(OCc2ccc(Cl)cc2)c(Br)c1. The van der Waals surface area contributed by atoms with E-state index in [1.54, 1.807) is 32.3 Å². The maximum absolute atomic E-state index is 12.0. The number of likely N-dealkylation sites (N-methyl/N-ethyl adjacent to an activating group) is 1. The molecule has 0 radical (unpaired) electrons. The molecule has 0 bridgehead atoms. The molecule has 0 aromatic heterocycles. The number of nitriles is 1. The van der Waals surface area contributed by atoms with Crippen molar-refractivity contribution in [1.82, 2.24) is 4.90 Å². The zero-order valence-corrected chi connectivity index (χ0v) is 18.0. The summed E-state index contributed by atoms with van der Waals surface area (Å²) < 4.78 is 7.29. The number of hydrogen-bond acceptors (Lipinski definition) is 3. The second-order valence-electron chi connectivity index (χ2n) is 5.60. The average Bonchev–Trinajstić information content (AvgIpc) is 2.59. The summed E-state index contributed by atoms with van der Waals surface area (Å²) in [7, 11) is 3.21. The summed E-state index contributed by atoms with van der Waals surface area (Å²) in [5.74, 6) is 0.289. The number of nitrogens with zero attached hydrogens (tertiary/aromatic N) is 2. The molecule has 2 rings (SSSR count). The molecule has 0 spiro atoms. The summed E-state index contributed by atoms with van der Waals surface area (Å²) in [4.78, 5) is 13.3. The van der Waals surface area contributed by atoms with Crippen LogP contribution in [-0.2, 0) is 11.4 Å². The molecule has 7 heteroatoms. The Hall–Kier alpha value is -1.81. The first-order chi connectivity index (χ1) is 12.3. The van der Waals surface area contributed by atoms with Crippen molar-refractivity contribution < 1.29 is 9.53 Å². The maximum Gasteiger partial charge on any atom is 0.264 e. The van der Waals surface area contributed by atoms with Crippen LogP contribution in [0.25, 0.3) is 6.08 Å². The van der Waals surface area contributed by atoms with Gasteiger partial charge < -0.3 is 9.64 Å². The van der Waals surface area contributed by atoms with E-state index in [9.17, 15) is 10.1 Å². The van der Waals surface area contributed by atoms with Crippen molar-refractivity contribution in [3.63, 3.8) is 0 Å². The van der Waals surface area contributed by atoms with E-state index in [4.69, 9.17) is 16.3 Å². The van der Waals surface area contributed by atoms with Gasteiger partial charge in [0.15, 0.2) is 0 Å². The fourth-order valence-corrected chi connectivity index (χ4v) is 3.66. The molecular weight excluding hydrogens is 483 g/mol. The van der Waals surface area contributed by atoms with E-state index in [1.807, 2.05) is 30.3 Å². The quantitative estimate of drug-likeness (QED) is 0.408. The molecule has 0 unspecified atom stereocenters. The van der Waals surface area contributed by atoms with Crippen LogP contribution >= 0.6 is 43.5 Å². The van der Waals surface area contributed by atoms with Crippen LogP contribution in [0.5, 0.6) is 5.75 Å². The third-order valence-corrected chi connectivity index (χ3v) is 4.82. The van der Waals surface area contributed by atoms with Crippen LogP contribution in [0.1, 0.15) is 11.1 Å². The van der Waals surface area contributed by atoms with Gasteiger partial charge in [-0.2, -0.15) is 5.26 Å². The van der Waals surface area contributed by atoms with Gasteiger partial charge in [-0.3, -0.25) is 4.79 Å². The molecule has 0 N–H and O–H groups in total. The lowest BCUT2D eigenvalue weighted by atomic mass is 10.1. The van der Waals surface area contributed by atoms with Crippen molar-refractivity contribution in [2.75, 3.05) is 14.1 Å². The van der Waals surface area contributed by atoms with E-state index in [2.05, 4.69) is 31.9 Å². The van der Waals surface area contributed by atoms with Gasteiger partial charge in [-0.25, -0.2) is 0 Å². The minimum Gasteiger partial charge on any atom is -0.487 e. The van der Waals surface area contributed by atoms with Crippen molar-refractivity contribution in [3.8, 4) is 11.8 Å². The van der Waals surface area contributed by atoms with Gasteiger partial charge in [0, 0.05) is 19.1 Å². The highest BCUT2D eigenvalue weighted by atomic mass is 79.9. The third kappa shape index (κ3) is 5.34. The van der Waals surface area contributed by atoms with E-state index >= 15 is 0 Å². The molecule has 0 atom stereocenters. The number of benzene rings is 2. The number of rotatable bonds is 5. The lowest BCUT2D eigenvalue weighted by Crippen LogP contribution is -2.22. The van der Waals surface area contributed by atoms with Crippen LogP contribution in [0, 0.1) is 11.3 Å². The van der Waals surface area contributed by atoms with Crippen LogP contribution < -0.4 is 4.74 Å². The Morgan fingerprint density at radius 1 is 1.23 bits per heavy atom. The van der Waals surface area contributed by atoms with Gasteiger partial charge in [0.05, 0.1) is 8.95 Å². The molecule has 0 aliphatic carbocycles. The molecule has 0 fully saturated rings. The largest absolute Gasteiger partial charge is 0.487 e. The second-order valence-corrected chi connectivity index (χ2v) is 7.74. The number of hydrogen-bond donors (Lipinski definition) is 0. The van der Waals surface area contributed by atoms with E-state index in [1.165, 1.54) is 4.90 Å². The lowest BCUT2D eigenvalue weighted by molar-refractivity contribution is -0.124. The van der Waals surface area contributed by atoms with E-state index in [0.717, 1.165) is 5.56 Å². The van der Waals surface area contributed by atoms with Crippen LogP contribution in [0.3, 0.4) is 0 Å². The Bertz CT molecular complexity index is 864. The fraction of sp³-hybridized carbons (Fsp3) is 0.158. The molecule has 2 aromatic rings. The first-order valence-corrected chi connectivity index (χ1v) is 9.48. The maximum atomic E-state index is 12.0. The number of carbonyl (C=O) groups excluding carboxylic acids is 1. The van der Waals surface area contributed by atoms with Gasteiger partial charge in [-0.1, -0.05) is 23.7 Å². The predicted octanol–water partition coefficient (Wildman–Crippen LogP) is 5.44. The Kier molecular flexibility index (Phi) is 7.27. The van der Waals surface area contributed by atoms with Crippen molar-refractivity contribution >= 4 is 55.4 Å². The van der Waals surface area contributed by atoms with E-state index in [0.29, 0.717) is 31.9 Å². The average molecular weight is 499 g/mol. The molecule has 134 valence electrons. The third-order valence-electron chi connectivity index (χ3n) is 3.39. The van der Waals surface area contributed by atoms with Gasteiger partial charge >= 0.3 is 0 Å². The van der Waals surface area contributed by atoms with Crippen LogP contribution in [0.2, 0.25) is 5.02 Å². The van der Waals surface area contributed by atoms with Gasteiger partial charge in [0.2, 0.25) is 0 Å². The number of ether oxygens (including phenoxy) is 1. The second kappa shape index (κ2) is 9.22. The highest BCUT2D eigenvalue weighted by Gasteiger charge is 2.13. The summed E-state index contributed by atoms with van der Waals surface area (Å²) in [6.45, 7) is 0.381. The predicted molar refractivity (Wildman–Crippen MR) is 110 cm³/mol. The number of halogens is 3. The monoisotopic (exact) mass is 496 g/mol. The first kappa shape index (κ1) is 20.5. The molecule has 0 aliphatic rings. The first-order valence-electron chi connectivity index (χ1n) is 7.51. The molecular formula is C19H15Br2ClN2O2. The summed E-state index contributed by atoms with van der Waals surface area (Å²) >= 11 is 12.8. The van der Waals surface area contributed by atoms with Gasteiger partial charge in [0.1, 0.15) is 24.0 Å². The number of carbonyl (C=O) groups is 1. The van der Waals surface area contributed by atoms with Gasteiger partial charge in [0.25, 0.3) is 5.91 Å². The zero-order valence-electron chi connectivity index (χ0n) is 14.1. The van der Waals surface area contributed by atoms with E-state index < -0.39 is 0 Å². The van der Waals surface area contributed by atoms with Gasteiger partial charge in [-0.05, 0) is 73.3 Å². The standard InChI is InChI=1S/C19H15Br2ClN2O2/c1-24(2)19(25)14(10-23)7-13-8-16(20)18(17(21)9-13)26-11-12-3-5-15(22)6-4-12/h3-9H,11H2,1-2H3/b14-7-.